The van der Waals surface area contributed by atoms with Gasteiger partial charge in [0.05, 0.1) is 18.8 Å². The van der Waals surface area contributed by atoms with Gasteiger partial charge in [0.1, 0.15) is 5.82 Å². The van der Waals surface area contributed by atoms with Gasteiger partial charge < -0.3 is 15.0 Å². The molecule has 0 aliphatic carbocycles. The molecule has 2 atom stereocenters. The van der Waals surface area contributed by atoms with Crippen LogP contribution < -0.4 is 5.73 Å². The zero-order chi connectivity index (χ0) is 11.7. The average molecular weight is 236 g/mol. The first kappa shape index (κ1) is 11.2. The topological polar surface area (TPSA) is 56.3 Å². The SMILES string of the molecule is NCC1CCC(CN2CCn3ccnc3C2)O1. The maximum atomic E-state index is 5.89. The molecule has 2 aliphatic rings. The van der Waals surface area contributed by atoms with Gasteiger partial charge >= 0.3 is 0 Å². The fourth-order valence-electron chi connectivity index (χ4n) is 2.76. The van der Waals surface area contributed by atoms with Crippen molar-refractivity contribution in [2.75, 3.05) is 19.6 Å². The third kappa shape index (κ3) is 2.36. The Morgan fingerprint density at radius 1 is 1.35 bits per heavy atom. The van der Waals surface area contributed by atoms with Crippen LogP contribution in [0.25, 0.3) is 0 Å². The second-order valence-corrected chi connectivity index (χ2v) is 4.97. The molecule has 94 valence electrons. The third-order valence-electron chi connectivity index (χ3n) is 3.74. The minimum absolute atomic E-state index is 0.284. The van der Waals surface area contributed by atoms with Crippen molar-refractivity contribution >= 4 is 0 Å². The summed E-state index contributed by atoms with van der Waals surface area (Å²) in [5.74, 6) is 1.17. The second kappa shape index (κ2) is 4.76. The molecule has 1 aromatic rings. The van der Waals surface area contributed by atoms with Crippen molar-refractivity contribution in [2.45, 2.75) is 38.1 Å². The quantitative estimate of drug-likeness (QED) is 0.815. The number of imidazole rings is 1. The van der Waals surface area contributed by atoms with E-state index in [-0.39, 0.29) is 6.10 Å². The molecule has 17 heavy (non-hydrogen) atoms. The highest BCUT2D eigenvalue weighted by Gasteiger charge is 2.27. The first-order valence-corrected chi connectivity index (χ1v) is 6.43. The molecule has 1 aromatic heterocycles. The van der Waals surface area contributed by atoms with Gasteiger partial charge in [0.25, 0.3) is 0 Å². The number of fused-ring (bicyclic) bond motifs is 1. The Kier molecular flexibility index (Phi) is 3.13. The molecule has 0 spiro atoms. The number of hydrogen-bond donors (Lipinski definition) is 1. The van der Waals surface area contributed by atoms with Crippen molar-refractivity contribution in [2.24, 2.45) is 5.73 Å². The predicted molar refractivity (Wildman–Crippen MR) is 64.5 cm³/mol. The molecule has 3 rings (SSSR count). The summed E-state index contributed by atoms with van der Waals surface area (Å²) < 4.78 is 8.12. The molecule has 1 fully saturated rings. The van der Waals surface area contributed by atoms with Crippen molar-refractivity contribution < 1.29 is 4.74 Å². The van der Waals surface area contributed by atoms with Gasteiger partial charge in [-0.15, -0.1) is 0 Å². The normalized spacial score (nSPS) is 29.5. The number of rotatable bonds is 3. The smallest absolute Gasteiger partial charge is 0.122 e. The Morgan fingerprint density at radius 2 is 2.24 bits per heavy atom. The lowest BCUT2D eigenvalue weighted by atomic mass is 10.2. The first-order chi connectivity index (χ1) is 8.35. The molecule has 3 heterocycles. The molecule has 2 unspecified atom stereocenters. The van der Waals surface area contributed by atoms with Crippen LogP contribution in [0.1, 0.15) is 18.7 Å². The zero-order valence-electron chi connectivity index (χ0n) is 10.1. The van der Waals surface area contributed by atoms with Crippen LogP contribution in [-0.2, 0) is 17.8 Å². The van der Waals surface area contributed by atoms with E-state index in [1.165, 1.54) is 5.82 Å². The zero-order valence-corrected chi connectivity index (χ0v) is 10.1. The van der Waals surface area contributed by atoms with Gasteiger partial charge in [0, 0.05) is 38.6 Å². The van der Waals surface area contributed by atoms with Crippen LogP contribution in [0.5, 0.6) is 0 Å². The Labute approximate surface area is 102 Å². The molecule has 5 heteroatoms. The van der Waals surface area contributed by atoms with Crippen molar-refractivity contribution in [1.82, 2.24) is 14.5 Å². The summed E-state index contributed by atoms with van der Waals surface area (Å²) in [4.78, 5) is 6.81. The van der Waals surface area contributed by atoms with E-state index in [1.54, 1.807) is 0 Å². The third-order valence-corrected chi connectivity index (χ3v) is 3.74. The summed E-state index contributed by atoms with van der Waals surface area (Å²) in [6, 6.07) is 0. The molecule has 5 nitrogen and oxygen atoms in total. The van der Waals surface area contributed by atoms with E-state index in [1.807, 2.05) is 6.20 Å². The summed E-state index contributed by atoms with van der Waals surface area (Å²) in [6.45, 7) is 4.75. The molecule has 2 N–H and O–H groups in total. The van der Waals surface area contributed by atoms with Crippen LogP contribution in [0.15, 0.2) is 12.4 Å². The number of ether oxygens (including phenoxy) is 1. The van der Waals surface area contributed by atoms with Gasteiger partial charge in [0.15, 0.2) is 0 Å². The molecule has 2 aliphatic heterocycles. The lowest BCUT2D eigenvalue weighted by Crippen LogP contribution is -2.39. The summed E-state index contributed by atoms with van der Waals surface area (Å²) in [5.41, 5.74) is 5.63. The second-order valence-electron chi connectivity index (χ2n) is 4.97. The van der Waals surface area contributed by atoms with Crippen molar-refractivity contribution in [3.8, 4) is 0 Å². The molecule has 0 saturated carbocycles. The van der Waals surface area contributed by atoms with Crippen LogP contribution >= 0.6 is 0 Å². The molecule has 0 amide bonds. The number of hydrogen-bond acceptors (Lipinski definition) is 4. The molecular weight excluding hydrogens is 216 g/mol. The van der Waals surface area contributed by atoms with E-state index in [0.29, 0.717) is 12.6 Å². The van der Waals surface area contributed by atoms with Crippen molar-refractivity contribution in [3.05, 3.63) is 18.2 Å². The lowest BCUT2D eigenvalue weighted by Gasteiger charge is -2.29. The lowest BCUT2D eigenvalue weighted by molar-refractivity contribution is 0.0214. The summed E-state index contributed by atoms with van der Waals surface area (Å²) in [7, 11) is 0. The van der Waals surface area contributed by atoms with Gasteiger partial charge in [-0.25, -0.2) is 4.98 Å². The Bertz CT molecular complexity index is 378. The first-order valence-electron chi connectivity index (χ1n) is 6.43. The van der Waals surface area contributed by atoms with E-state index in [2.05, 4.69) is 20.6 Å². The highest BCUT2D eigenvalue weighted by Crippen LogP contribution is 2.21. The number of nitrogens with two attached hydrogens (primary N) is 1. The summed E-state index contributed by atoms with van der Waals surface area (Å²) in [5, 5.41) is 0. The monoisotopic (exact) mass is 236 g/mol. The fourth-order valence-corrected chi connectivity index (χ4v) is 2.76. The van der Waals surface area contributed by atoms with Gasteiger partial charge in [-0.2, -0.15) is 0 Å². The minimum Gasteiger partial charge on any atom is -0.372 e. The van der Waals surface area contributed by atoms with E-state index < -0.39 is 0 Å². The van der Waals surface area contributed by atoms with Crippen LogP contribution in [0.3, 0.4) is 0 Å². The Balaban J connectivity index is 1.54. The Hall–Kier alpha value is -0.910. The van der Waals surface area contributed by atoms with E-state index in [4.69, 9.17) is 10.5 Å². The van der Waals surface area contributed by atoms with Gasteiger partial charge in [-0.1, -0.05) is 0 Å². The van der Waals surface area contributed by atoms with Crippen LogP contribution in [0, 0.1) is 0 Å². The van der Waals surface area contributed by atoms with Crippen LogP contribution in [-0.4, -0.2) is 46.3 Å². The standard InChI is InChI=1S/C12H20N4O/c13-7-10-1-2-11(17-10)8-15-5-6-16-4-3-14-12(16)9-15/h3-4,10-11H,1-2,5-9,13H2. The van der Waals surface area contributed by atoms with E-state index >= 15 is 0 Å². The number of aromatic nitrogens is 2. The summed E-state index contributed by atoms with van der Waals surface area (Å²) >= 11 is 0. The van der Waals surface area contributed by atoms with Gasteiger partial charge in [0.2, 0.25) is 0 Å². The van der Waals surface area contributed by atoms with E-state index in [9.17, 15) is 0 Å². The van der Waals surface area contributed by atoms with Crippen molar-refractivity contribution in [3.63, 3.8) is 0 Å². The molecule has 0 radical (unpaired) electrons. The number of nitrogens with zero attached hydrogens (tertiary/aromatic N) is 3. The van der Waals surface area contributed by atoms with Crippen molar-refractivity contribution in [1.29, 1.82) is 0 Å². The van der Waals surface area contributed by atoms with Gasteiger partial charge in [-0.05, 0) is 12.8 Å². The molecule has 0 bridgehead atoms. The molecular formula is C12H20N4O. The Morgan fingerprint density at radius 3 is 3.06 bits per heavy atom. The molecule has 0 aromatic carbocycles. The fraction of sp³-hybridized carbons (Fsp3) is 0.750. The highest BCUT2D eigenvalue weighted by molar-refractivity contribution is 4.96. The maximum Gasteiger partial charge on any atom is 0.122 e. The van der Waals surface area contributed by atoms with Crippen LogP contribution in [0.4, 0.5) is 0 Å². The molecule has 1 saturated heterocycles. The van der Waals surface area contributed by atoms with E-state index in [0.717, 1.165) is 39.0 Å². The minimum atomic E-state index is 0.284. The average Bonchev–Trinajstić information content (AvgIpc) is 2.96. The summed E-state index contributed by atoms with van der Waals surface area (Å²) in [6.07, 6.45) is 6.85. The predicted octanol–water partition coefficient (Wildman–Crippen LogP) is 0.205. The van der Waals surface area contributed by atoms with Gasteiger partial charge in [-0.3, -0.25) is 4.90 Å². The maximum absolute atomic E-state index is 5.89. The van der Waals surface area contributed by atoms with Crippen LogP contribution in [0.2, 0.25) is 0 Å². The highest BCUT2D eigenvalue weighted by atomic mass is 16.5. The largest absolute Gasteiger partial charge is 0.372 e.